The molecule has 0 unspecified atom stereocenters. The van der Waals surface area contributed by atoms with Gasteiger partial charge in [-0.3, -0.25) is 4.90 Å². The molecule has 4 aromatic rings. The number of H-pyrrole nitrogens is 1. The highest BCUT2D eigenvalue weighted by molar-refractivity contribution is 7.16. The van der Waals surface area contributed by atoms with Crippen molar-refractivity contribution in [2.24, 2.45) is 0 Å². The number of nitrogens with one attached hydrogen (secondary N) is 2. The predicted molar refractivity (Wildman–Crippen MR) is 155 cm³/mol. The number of fused-ring (bicyclic) bond motifs is 2. The van der Waals surface area contributed by atoms with E-state index in [0.29, 0.717) is 6.54 Å². The maximum absolute atomic E-state index is 13.2. The lowest BCUT2D eigenvalue weighted by molar-refractivity contribution is 0.111. The monoisotopic (exact) mass is 530 g/mol. The second-order valence-corrected chi connectivity index (χ2v) is 11.2. The molecule has 0 saturated carbocycles. The zero-order valence-electron chi connectivity index (χ0n) is 22.0. The van der Waals surface area contributed by atoms with Crippen LogP contribution in [0.25, 0.3) is 26.8 Å². The van der Waals surface area contributed by atoms with Gasteiger partial charge in [0, 0.05) is 75.3 Å². The van der Waals surface area contributed by atoms with E-state index in [-0.39, 0.29) is 6.03 Å². The van der Waals surface area contributed by atoms with Gasteiger partial charge < -0.3 is 25.0 Å². The molecule has 1 saturated heterocycles. The number of piperazine rings is 1. The summed E-state index contributed by atoms with van der Waals surface area (Å²) in [5, 5.41) is 4.61. The molecule has 10 heteroatoms. The molecule has 2 N–H and O–H groups in total. The van der Waals surface area contributed by atoms with Crippen molar-refractivity contribution in [2.75, 3.05) is 71.8 Å². The van der Waals surface area contributed by atoms with Gasteiger partial charge in [0.1, 0.15) is 5.65 Å². The molecule has 6 rings (SSSR count). The molecule has 198 valence electrons. The second kappa shape index (κ2) is 10.7. The number of urea groups is 1. The van der Waals surface area contributed by atoms with Crippen LogP contribution < -0.4 is 5.32 Å². The molecular weight excluding hydrogens is 496 g/mol. The summed E-state index contributed by atoms with van der Waals surface area (Å²) in [6, 6.07) is 10.6. The van der Waals surface area contributed by atoms with Gasteiger partial charge in [-0.25, -0.2) is 14.8 Å². The number of thiazole rings is 1. The Bertz CT molecular complexity index is 1470. The van der Waals surface area contributed by atoms with Crippen LogP contribution in [0.5, 0.6) is 0 Å². The van der Waals surface area contributed by atoms with Gasteiger partial charge in [0.2, 0.25) is 0 Å². The third kappa shape index (κ3) is 5.24. The van der Waals surface area contributed by atoms with Crippen LogP contribution in [0.15, 0.2) is 48.1 Å². The number of aromatic nitrogens is 3. The molecule has 5 heterocycles. The van der Waals surface area contributed by atoms with Crippen molar-refractivity contribution < 1.29 is 4.79 Å². The van der Waals surface area contributed by atoms with Gasteiger partial charge in [-0.2, -0.15) is 0 Å². The van der Waals surface area contributed by atoms with Gasteiger partial charge in [-0.1, -0.05) is 6.08 Å². The highest BCUT2D eigenvalue weighted by atomic mass is 32.1. The van der Waals surface area contributed by atoms with Crippen LogP contribution in [0, 0.1) is 0 Å². The van der Waals surface area contributed by atoms with Gasteiger partial charge in [0.25, 0.3) is 0 Å². The summed E-state index contributed by atoms with van der Waals surface area (Å²) in [7, 11) is 4.20. The summed E-state index contributed by atoms with van der Waals surface area (Å²) in [6.45, 7) is 6.99. The van der Waals surface area contributed by atoms with E-state index < -0.39 is 0 Å². The van der Waals surface area contributed by atoms with Crippen LogP contribution in [0.1, 0.15) is 12.1 Å². The van der Waals surface area contributed by atoms with E-state index >= 15 is 0 Å². The first-order valence-corrected chi connectivity index (χ1v) is 14.1. The number of pyridine rings is 1. The van der Waals surface area contributed by atoms with E-state index in [0.717, 1.165) is 90.6 Å². The number of benzene rings is 1. The number of nitrogens with zero attached hydrogens (tertiary/aromatic N) is 6. The first-order chi connectivity index (χ1) is 18.5. The number of rotatable bonds is 6. The fourth-order valence-electron chi connectivity index (χ4n) is 5.19. The predicted octanol–water partition coefficient (Wildman–Crippen LogP) is 4.30. The summed E-state index contributed by atoms with van der Waals surface area (Å²) in [5.41, 5.74) is 8.09. The molecule has 0 atom stereocenters. The molecule has 2 amide bonds. The van der Waals surface area contributed by atoms with Crippen molar-refractivity contribution in [3.63, 3.8) is 0 Å². The molecule has 1 fully saturated rings. The Morgan fingerprint density at radius 3 is 2.74 bits per heavy atom. The Morgan fingerprint density at radius 2 is 1.95 bits per heavy atom. The number of likely N-dealkylation sites (N-methyl/N-ethyl adjacent to an activating group) is 1. The molecule has 0 spiro atoms. The van der Waals surface area contributed by atoms with E-state index in [1.807, 2.05) is 33.6 Å². The number of carbonyl (C=O) groups is 1. The highest BCUT2D eigenvalue weighted by Gasteiger charge is 2.26. The number of aromatic amines is 1. The van der Waals surface area contributed by atoms with E-state index in [4.69, 9.17) is 0 Å². The van der Waals surface area contributed by atoms with Crippen LogP contribution in [0.2, 0.25) is 0 Å². The molecule has 1 aromatic carbocycles. The Labute approximate surface area is 226 Å². The number of amides is 2. The topological polar surface area (TPSA) is 83.6 Å². The smallest absolute Gasteiger partial charge is 0.320 e. The summed E-state index contributed by atoms with van der Waals surface area (Å²) >= 11 is 1.64. The molecule has 9 nitrogen and oxygen atoms in total. The van der Waals surface area contributed by atoms with Crippen molar-refractivity contribution >= 4 is 55.6 Å². The van der Waals surface area contributed by atoms with Crippen LogP contribution >= 0.6 is 11.3 Å². The molecule has 3 aromatic heterocycles. The van der Waals surface area contributed by atoms with Gasteiger partial charge in [0.05, 0.1) is 21.4 Å². The second-order valence-electron chi connectivity index (χ2n) is 10.3. The minimum atomic E-state index is 0.162. The maximum Gasteiger partial charge on any atom is 0.320 e. The van der Waals surface area contributed by atoms with E-state index in [1.54, 1.807) is 11.3 Å². The van der Waals surface area contributed by atoms with E-state index in [1.165, 1.54) is 5.57 Å². The van der Waals surface area contributed by atoms with Crippen molar-refractivity contribution in [3.8, 4) is 0 Å². The Morgan fingerprint density at radius 1 is 1.08 bits per heavy atom. The molecule has 2 aliphatic heterocycles. The number of hydrogen-bond donors (Lipinski definition) is 2. The molecule has 38 heavy (non-hydrogen) atoms. The first kappa shape index (κ1) is 24.8. The SMILES string of the molecule is CN(C)CCN1CCN(C(=O)N2CC=C(c3cc4c(Nc5ccc6ncsc6c5)ccnc4[nH]3)CC2)CC1. The standard InChI is InChI=1S/C28H34N8OS/c1-33(2)11-12-34-13-15-36(16-14-34)28(37)35-9-6-20(7-10-35)25-18-22-23(5-8-29-27(22)32-25)31-21-3-4-24-26(17-21)38-19-30-24/h3-6,8,17-19H,7,9-16H2,1-2H3,(H2,29,31,32). The minimum absolute atomic E-state index is 0.162. The number of anilines is 2. The summed E-state index contributed by atoms with van der Waals surface area (Å²) in [4.78, 5) is 34.2. The normalized spacial score (nSPS) is 17.0. The first-order valence-electron chi connectivity index (χ1n) is 13.2. The minimum Gasteiger partial charge on any atom is -0.355 e. The average Bonchev–Trinajstić information content (AvgIpc) is 3.59. The zero-order valence-corrected chi connectivity index (χ0v) is 22.8. The lowest BCUT2D eigenvalue weighted by atomic mass is 10.0. The molecule has 0 aliphatic carbocycles. The van der Waals surface area contributed by atoms with Crippen LogP contribution in [0.3, 0.4) is 0 Å². The Kier molecular flexibility index (Phi) is 7.01. The maximum atomic E-state index is 13.2. The Hall–Kier alpha value is -3.47. The third-order valence-corrected chi connectivity index (χ3v) is 8.27. The average molecular weight is 531 g/mol. The van der Waals surface area contributed by atoms with Crippen molar-refractivity contribution in [1.82, 2.24) is 34.6 Å². The summed E-state index contributed by atoms with van der Waals surface area (Å²) < 4.78 is 1.16. The molecule has 2 aliphatic rings. The van der Waals surface area contributed by atoms with Crippen molar-refractivity contribution in [1.29, 1.82) is 0 Å². The summed E-state index contributed by atoms with van der Waals surface area (Å²) in [6.07, 6.45) is 4.84. The van der Waals surface area contributed by atoms with Gasteiger partial charge in [0.15, 0.2) is 0 Å². The van der Waals surface area contributed by atoms with Gasteiger partial charge in [-0.05, 0) is 56.4 Å². The van der Waals surface area contributed by atoms with Crippen LogP contribution in [-0.4, -0.2) is 107 Å². The van der Waals surface area contributed by atoms with Gasteiger partial charge in [-0.15, -0.1) is 11.3 Å². The Balaban J connectivity index is 1.10. The largest absolute Gasteiger partial charge is 0.355 e. The van der Waals surface area contributed by atoms with E-state index in [2.05, 4.69) is 68.4 Å². The van der Waals surface area contributed by atoms with Crippen LogP contribution in [-0.2, 0) is 0 Å². The summed E-state index contributed by atoms with van der Waals surface area (Å²) in [5.74, 6) is 0. The third-order valence-electron chi connectivity index (χ3n) is 7.47. The lowest BCUT2D eigenvalue weighted by Gasteiger charge is -2.38. The quantitative estimate of drug-likeness (QED) is 0.387. The molecule has 0 radical (unpaired) electrons. The molecule has 0 bridgehead atoms. The highest BCUT2D eigenvalue weighted by Crippen LogP contribution is 2.31. The van der Waals surface area contributed by atoms with E-state index in [9.17, 15) is 4.79 Å². The van der Waals surface area contributed by atoms with Crippen LogP contribution in [0.4, 0.5) is 16.2 Å². The zero-order chi connectivity index (χ0) is 26.1. The number of hydrogen-bond acceptors (Lipinski definition) is 7. The molecular formula is C28H34N8OS. The van der Waals surface area contributed by atoms with Crippen molar-refractivity contribution in [2.45, 2.75) is 6.42 Å². The van der Waals surface area contributed by atoms with Crippen molar-refractivity contribution in [3.05, 3.63) is 53.8 Å². The fraction of sp³-hybridized carbons (Fsp3) is 0.393. The number of carbonyl (C=O) groups excluding carboxylic acids is 1. The lowest BCUT2D eigenvalue weighted by Crippen LogP contribution is -2.54. The van der Waals surface area contributed by atoms with Gasteiger partial charge >= 0.3 is 6.03 Å². The fourth-order valence-corrected chi connectivity index (χ4v) is 5.91.